The van der Waals surface area contributed by atoms with E-state index in [1.54, 1.807) is 12.1 Å². The van der Waals surface area contributed by atoms with Crippen LogP contribution in [0.5, 0.6) is 0 Å². The number of hydrogen-bond acceptors (Lipinski definition) is 3. The van der Waals surface area contributed by atoms with Gasteiger partial charge in [0.25, 0.3) is 0 Å². The fourth-order valence-corrected chi connectivity index (χ4v) is 3.38. The lowest BCUT2D eigenvalue weighted by atomic mass is 10.2. The van der Waals surface area contributed by atoms with Crippen molar-refractivity contribution in [2.24, 2.45) is 0 Å². The van der Waals surface area contributed by atoms with Crippen molar-refractivity contribution >= 4 is 25.8 Å². The van der Waals surface area contributed by atoms with Gasteiger partial charge in [0.1, 0.15) is 0 Å². The summed E-state index contributed by atoms with van der Waals surface area (Å²) in [4.78, 5) is 0.464. The molecular weight excluding hydrogens is 266 g/mol. The van der Waals surface area contributed by atoms with Gasteiger partial charge in [0.15, 0.2) is 9.84 Å². The first-order chi connectivity index (χ1) is 6.59. The Hall–Kier alpha value is -0.390. The summed E-state index contributed by atoms with van der Waals surface area (Å²) in [5.74, 6) is 0.182. The minimum absolute atomic E-state index is 0.182. The summed E-state index contributed by atoms with van der Waals surface area (Å²) in [6, 6.07) is 5.29. The van der Waals surface area contributed by atoms with Gasteiger partial charge in [-0.05, 0) is 23.8 Å². The Morgan fingerprint density at radius 2 is 2.14 bits per heavy atom. The molecule has 1 aliphatic heterocycles. The summed E-state index contributed by atoms with van der Waals surface area (Å²) < 4.78 is 24.4. The SMILES string of the molecule is O=S1(=O)CCNCc2cc(Br)ccc21. The molecule has 2 rings (SSSR count). The summed E-state index contributed by atoms with van der Waals surface area (Å²) in [6.07, 6.45) is 0. The quantitative estimate of drug-likeness (QED) is 0.777. The molecule has 1 aliphatic rings. The lowest BCUT2D eigenvalue weighted by Gasteiger charge is -2.05. The molecule has 3 nitrogen and oxygen atoms in total. The van der Waals surface area contributed by atoms with Crippen LogP contribution in [0.4, 0.5) is 0 Å². The van der Waals surface area contributed by atoms with Gasteiger partial charge < -0.3 is 5.32 Å². The van der Waals surface area contributed by atoms with E-state index < -0.39 is 9.84 Å². The molecule has 5 heteroatoms. The van der Waals surface area contributed by atoms with E-state index >= 15 is 0 Å². The molecule has 1 N–H and O–H groups in total. The first kappa shape index (κ1) is 10.1. The zero-order valence-corrected chi connectivity index (χ0v) is 9.86. The van der Waals surface area contributed by atoms with Crippen molar-refractivity contribution in [1.29, 1.82) is 0 Å². The lowest BCUT2D eigenvalue weighted by Crippen LogP contribution is -2.17. The summed E-state index contributed by atoms with van der Waals surface area (Å²) in [5.41, 5.74) is 0.844. The van der Waals surface area contributed by atoms with Gasteiger partial charge in [-0.2, -0.15) is 0 Å². The molecule has 0 spiro atoms. The van der Waals surface area contributed by atoms with Crippen molar-refractivity contribution in [2.45, 2.75) is 11.4 Å². The molecule has 0 bridgehead atoms. The Balaban J connectivity index is 2.62. The highest BCUT2D eigenvalue weighted by Gasteiger charge is 2.21. The van der Waals surface area contributed by atoms with Crippen molar-refractivity contribution in [3.63, 3.8) is 0 Å². The number of halogens is 1. The van der Waals surface area contributed by atoms with Crippen LogP contribution >= 0.6 is 15.9 Å². The average Bonchev–Trinajstić information content (AvgIpc) is 2.25. The van der Waals surface area contributed by atoms with Crippen LogP contribution in [-0.2, 0) is 16.4 Å². The van der Waals surface area contributed by atoms with Crippen molar-refractivity contribution < 1.29 is 8.42 Å². The predicted octanol–water partition coefficient (Wildman–Crippen LogP) is 1.33. The summed E-state index contributed by atoms with van der Waals surface area (Å²) in [5, 5.41) is 3.09. The van der Waals surface area contributed by atoms with Crippen molar-refractivity contribution in [1.82, 2.24) is 5.32 Å². The Bertz CT molecular complexity index is 456. The minimum Gasteiger partial charge on any atom is -0.312 e. The Labute approximate surface area is 91.6 Å². The zero-order chi connectivity index (χ0) is 10.2. The number of fused-ring (bicyclic) bond motifs is 1. The van der Waals surface area contributed by atoms with E-state index in [4.69, 9.17) is 0 Å². The first-order valence-corrected chi connectivity index (χ1v) is 6.76. The van der Waals surface area contributed by atoms with E-state index in [2.05, 4.69) is 21.2 Å². The van der Waals surface area contributed by atoms with E-state index in [1.807, 2.05) is 6.07 Å². The van der Waals surface area contributed by atoms with Crippen LogP contribution in [0.25, 0.3) is 0 Å². The largest absolute Gasteiger partial charge is 0.312 e. The van der Waals surface area contributed by atoms with Gasteiger partial charge in [0, 0.05) is 17.6 Å². The Morgan fingerprint density at radius 3 is 2.93 bits per heavy atom. The van der Waals surface area contributed by atoms with Crippen molar-refractivity contribution in [3.05, 3.63) is 28.2 Å². The molecule has 0 saturated heterocycles. The predicted molar refractivity (Wildman–Crippen MR) is 57.9 cm³/mol. The summed E-state index contributed by atoms with van der Waals surface area (Å²) in [6.45, 7) is 1.14. The Morgan fingerprint density at radius 1 is 1.36 bits per heavy atom. The number of sulfone groups is 1. The number of nitrogens with one attached hydrogen (secondary N) is 1. The standard InChI is InChI=1S/C9H10BrNO2S/c10-8-1-2-9-7(5-8)6-11-3-4-14(9,12)13/h1-2,5,11H,3-4,6H2. The van der Waals surface area contributed by atoms with Crippen LogP contribution in [0.1, 0.15) is 5.56 Å². The van der Waals surface area contributed by atoms with Crippen molar-refractivity contribution in [2.75, 3.05) is 12.3 Å². The van der Waals surface area contributed by atoms with Crippen LogP contribution in [0, 0.1) is 0 Å². The van der Waals surface area contributed by atoms with Gasteiger partial charge in [-0.1, -0.05) is 15.9 Å². The van der Waals surface area contributed by atoms with E-state index in [0.29, 0.717) is 18.0 Å². The average molecular weight is 276 g/mol. The molecule has 0 saturated carbocycles. The van der Waals surface area contributed by atoms with Gasteiger partial charge in [-0.3, -0.25) is 0 Å². The topological polar surface area (TPSA) is 46.2 Å². The second-order valence-corrected chi connectivity index (χ2v) is 6.24. The van der Waals surface area contributed by atoms with Crippen molar-refractivity contribution in [3.8, 4) is 0 Å². The molecule has 0 unspecified atom stereocenters. The summed E-state index contributed by atoms with van der Waals surface area (Å²) in [7, 11) is -3.08. The van der Waals surface area contributed by atoms with Gasteiger partial charge in [0.2, 0.25) is 0 Å². The molecule has 1 heterocycles. The van der Waals surface area contributed by atoms with Crippen LogP contribution in [0.15, 0.2) is 27.6 Å². The van der Waals surface area contributed by atoms with Gasteiger partial charge in [-0.15, -0.1) is 0 Å². The molecule has 76 valence electrons. The molecule has 0 fully saturated rings. The Kier molecular flexibility index (Phi) is 2.64. The molecule has 0 aromatic heterocycles. The second-order valence-electron chi connectivity index (χ2n) is 3.25. The second kappa shape index (κ2) is 3.64. The first-order valence-electron chi connectivity index (χ1n) is 4.31. The molecular formula is C9H10BrNO2S. The fourth-order valence-electron chi connectivity index (χ4n) is 1.53. The third kappa shape index (κ3) is 1.85. The van der Waals surface area contributed by atoms with E-state index in [0.717, 1.165) is 10.0 Å². The van der Waals surface area contributed by atoms with Gasteiger partial charge >= 0.3 is 0 Å². The number of hydrogen-bond donors (Lipinski definition) is 1. The van der Waals surface area contributed by atoms with Gasteiger partial charge in [-0.25, -0.2) is 8.42 Å². The molecule has 0 amide bonds. The molecule has 14 heavy (non-hydrogen) atoms. The minimum atomic E-state index is -3.08. The van der Waals surface area contributed by atoms with Crippen LogP contribution in [0.2, 0.25) is 0 Å². The monoisotopic (exact) mass is 275 g/mol. The molecule has 0 atom stereocenters. The molecule has 0 radical (unpaired) electrons. The van der Waals surface area contributed by atoms with Gasteiger partial charge in [0.05, 0.1) is 10.6 Å². The highest BCUT2D eigenvalue weighted by molar-refractivity contribution is 9.10. The molecule has 1 aromatic rings. The highest BCUT2D eigenvalue weighted by atomic mass is 79.9. The summed E-state index contributed by atoms with van der Waals surface area (Å²) >= 11 is 3.33. The molecule has 0 aliphatic carbocycles. The molecule has 1 aromatic carbocycles. The van der Waals surface area contributed by atoms with E-state index in [9.17, 15) is 8.42 Å². The normalized spacial score (nSPS) is 19.8. The van der Waals surface area contributed by atoms with Crippen LogP contribution in [0.3, 0.4) is 0 Å². The maximum absolute atomic E-state index is 11.7. The lowest BCUT2D eigenvalue weighted by molar-refractivity contribution is 0.595. The van der Waals surface area contributed by atoms with E-state index in [-0.39, 0.29) is 5.75 Å². The fraction of sp³-hybridized carbons (Fsp3) is 0.333. The maximum Gasteiger partial charge on any atom is 0.179 e. The van der Waals surface area contributed by atoms with Crippen LogP contribution in [-0.4, -0.2) is 20.7 Å². The number of rotatable bonds is 0. The maximum atomic E-state index is 11.7. The highest BCUT2D eigenvalue weighted by Crippen LogP contribution is 2.23. The number of benzene rings is 1. The van der Waals surface area contributed by atoms with E-state index in [1.165, 1.54) is 0 Å². The smallest absolute Gasteiger partial charge is 0.179 e. The zero-order valence-electron chi connectivity index (χ0n) is 7.46. The third-order valence-corrected chi connectivity index (χ3v) is 4.52. The third-order valence-electron chi connectivity index (χ3n) is 2.22. The van der Waals surface area contributed by atoms with Crippen LogP contribution < -0.4 is 5.32 Å².